The van der Waals surface area contributed by atoms with E-state index in [1.807, 2.05) is 0 Å². The summed E-state index contributed by atoms with van der Waals surface area (Å²) in [6.07, 6.45) is 5.50. The van der Waals surface area contributed by atoms with Crippen LogP contribution in [0.4, 0.5) is 5.69 Å². The van der Waals surface area contributed by atoms with Crippen LogP contribution >= 0.6 is 0 Å². The molecule has 0 aromatic carbocycles. The Balaban J connectivity index is 2.11. The van der Waals surface area contributed by atoms with Crippen molar-refractivity contribution < 1.29 is 0 Å². The summed E-state index contributed by atoms with van der Waals surface area (Å²) in [4.78, 5) is 7.43. The standard InChI is InChI=1S/C17H26N2/c1-11-10-12(2)18-13(3)16(11)19-14(4)15-6-8-17(19,5)9-7-15/h10,14-15H,6-9H2,1-5H3. The van der Waals surface area contributed by atoms with Crippen LogP contribution in [0.5, 0.6) is 0 Å². The first kappa shape index (κ1) is 13.0. The van der Waals surface area contributed by atoms with Crippen molar-refractivity contribution in [1.82, 2.24) is 4.98 Å². The maximum atomic E-state index is 4.72. The Morgan fingerprint density at radius 3 is 2.37 bits per heavy atom. The molecule has 1 aromatic rings. The van der Waals surface area contributed by atoms with Crippen LogP contribution in [0.3, 0.4) is 0 Å². The minimum atomic E-state index is 0.348. The van der Waals surface area contributed by atoms with E-state index in [2.05, 4.69) is 45.6 Å². The van der Waals surface area contributed by atoms with Crippen molar-refractivity contribution in [3.05, 3.63) is 23.0 Å². The molecule has 1 saturated carbocycles. The van der Waals surface area contributed by atoms with Crippen LogP contribution in [0.25, 0.3) is 0 Å². The number of hydrogen-bond donors (Lipinski definition) is 0. The Bertz CT molecular complexity index is 475. The fourth-order valence-corrected chi connectivity index (χ4v) is 4.54. The third kappa shape index (κ3) is 1.87. The third-order valence-electron chi connectivity index (χ3n) is 5.51. The van der Waals surface area contributed by atoms with Gasteiger partial charge in [-0.15, -0.1) is 0 Å². The fourth-order valence-electron chi connectivity index (χ4n) is 4.54. The maximum absolute atomic E-state index is 4.72. The van der Waals surface area contributed by atoms with E-state index in [-0.39, 0.29) is 0 Å². The number of aromatic nitrogens is 1. The van der Waals surface area contributed by atoms with Crippen molar-refractivity contribution in [1.29, 1.82) is 0 Å². The van der Waals surface area contributed by atoms with Gasteiger partial charge in [0.25, 0.3) is 0 Å². The molecule has 2 nitrogen and oxygen atoms in total. The molecule has 3 fully saturated rings. The SMILES string of the molecule is Cc1cc(C)c(N2C(C)C3CCC2(C)CC3)c(C)n1. The highest BCUT2D eigenvalue weighted by Crippen LogP contribution is 2.49. The number of anilines is 1. The maximum Gasteiger partial charge on any atom is 0.0619 e. The number of nitrogens with zero attached hydrogens (tertiary/aromatic N) is 2. The molecular formula is C17H26N2. The van der Waals surface area contributed by atoms with Gasteiger partial charge in [0.15, 0.2) is 0 Å². The van der Waals surface area contributed by atoms with Gasteiger partial charge in [-0.3, -0.25) is 4.98 Å². The average Bonchev–Trinajstić information content (AvgIpc) is 2.32. The van der Waals surface area contributed by atoms with Crippen molar-refractivity contribution in [2.24, 2.45) is 5.92 Å². The van der Waals surface area contributed by atoms with Gasteiger partial charge in [0.2, 0.25) is 0 Å². The molecule has 1 atom stereocenters. The largest absolute Gasteiger partial charge is 0.361 e. The molecule has 3 aliphatic rings. The highest BCUT2D eigenvalue weighted by atomic mass is 15.3. The lowest BCUT2D eigenvalue weighted by molar-refractivity contribution is 0.133. The summed E-state index contributed by atoms with van der Waals surface area (Å²) < 4.78 is 0. The summed E-state index contributed by atoms with van der Waals surface area (Å²) in [6.45, 7) is 11.4. The molecule has 0 spiro atoms. The lowest BCUT2D eigenvalue weighted by Crippen LogP contribution is -2.61. The Kier molecular flexibility index (Phi) is 2.88. The molecule has 0 N–H and O–H groups in total. The molecule has 1 aliphatic carbocycles. The molecule has 1 unspecified atom stereocenters. The number of rotatable bonds is 1. The van der Waals surface area contributed by atoms with E-state index in [4.69, 9.17) is 4.98 Å². The molecule has 4 rings (SSSR count). The molecular weight excluding hydrogens is 232 g/mol. The van der Waals surface area contributed by atoms with E-state index in [1.165, 1.54) is 42.6 Å². The zero-order chi connectivity index (χ0) is 13.8. The summed E-state index contributed by atoms with van der Waals surface area (Å²) in [5.41, 5.74) is 5.49. The first-order chi connectivity index (χ1) is 8.92. The van der Waals surface area contributed by atoms with Crippen molar-refractivity contribution in [2.75, 3.05) is 4.90 Å². The Hall–Kier alpha value is -1.05. The first-order valence-electron chi connectivity index (χ1n) is 7.66. The zero-order valence-corrected chi connectivity index (χ0v) is 13.0. The Morgan fingerprint density at radius 1 is 1.21 bits per heavy atom. The van der Waals surface area contributed by atoms with E-state index in [0.29, 0.717) is 11.6 Å². The lowest BCUT2D eigenvalue weighted by Gasteiger charge is -2.58. The first-order valence-corrected chi connectivity index (χ1v) is 7.66. The van der Waals surface area contributed by atoms with Crippen LogP contribution in [0.2, 0.25) is 0 Å². The Labute approximate surface area is 117 Å². The third-order valence-corrected chi connectivity index (χ3v) is 5.51. The minimum absolute atomic E-state index is 0.348. The van der Waals surface area contributed by atoms with E-state index in [9.17, 15) is 0 Å². The van der Waals surface area contributed by atoms with Crippen molar-refractivity contribution in [3.63, 3.8) is 0 Å². The predicted octanol–water partition coefficient (Wildman–Crippen LogP) is 4.16. The molecule has 2 aliphatic heterocycles. The second kappa shape index (κ2) is 4.22. The molecule has 104 valence electrons. The van der Waals surface area contributed by atoms with Crippen LogP contribution < -0.4 is 4.90 Å². The molecule has 19 heavy (non-hydrogen) atoms. The quantitative estimate of drug-likeness (QED) is 0.751. The van der Waals surface area contributed by atoms with Gasteiger partial charge in [0.1, 0.15) is 0 Å². The van der Waals surface area contributed by atoms with Gasteiger partial charge >= 0.3 is 0 Å². The molecule has 2 bridgehead atoms. The van der Waals surface area contributed by atoms with E-state index in [1.54, 1.807) is 0 Å². The van der Waals surface area contributed by atoms with Gasteiger partial charge in [-0.05, 0) is 77.8 Å². The van der Waals surface area contributed by atoms with Crippen molar-refractivity contribution in [2.45, 2.75) is 71.9 Å². The molecule has 0 radical (unpaired) electrons. The van der Waals surface area contributed by atoms with Gasteiger partial charge in [-0.25, -0.2) is 0 Å². The molecule has 0 amide bonds. The van der Waals surface area contributed by atoms with Crippen LogP contribution in [0.1, 0.15) is 56.5 Å². The predicted molar refractivity (Wildman–Crippen MR) is 80.8 cm³/mol. The summed E-state index contributed by atoms with van der Waals surface area (Å²) >= 11 is 0. The second-order valence-corrected chi connectivity index (χ2v) is 6.96. The van der Waals surface area contributed by atoms with Crippen LogP contribution in [-0.4, -0.2) is 16.6 Å². The van der Waals surface area contributed by atoms with Gasteiger partial charge in [-0.1, -0.05) is 0 Å². The van der Waals surface area contributed by atoms with Crippen molar-refractivity contribution in [3.8, 4) is 0 Å². The van der Waals surface area contributed by atoms with Gasteiger partial charge in [0, 0.05) is 17.3 Å². The topological polar surface area (TPSA) is 16.1 Å². The summed E-state index contributed by atoms with van der Waals surface area (Å²) in [6, 6.07) is 2.90. The highest BCUT2D eigenvalue weighted by Gasteiger charge is 2.47. The number of hydrogen-bond acceptors (Lipinski definition) is 2. The molecule has 1 aromatic heterocycles. The highest BCUT2D eigenvalue weighted by molar-refractivity contribution is 5.60. The van der Waals surface area contributed by atoms with Gasteiger partial charge in [-0.2, -0.15) is 0 Å². The number of fused-ring (bicyclic) bond motifs is 3. The second-order valence-electron chi connectivity index (χ2n) is 6.96. The summed E-state index contributed by atoms with van der Waals surface area (Å²) in [7, 11) is 0. The van der Waals surface area contributed by atoms with Gasteiger partial charge in [0.05, 0.1) is 11.4 Å². The number of aryl methyl sites for hydroxylation is 3. The van der Waals surface area contributed by atoms with E-state index < -0.39 is 0 Å². The molecule has 3 heterocycles. The summed E-state index contributed by atoms with van der Waals surface area (Å²) in [5.74, 6) is 0.877. The lowest BCUT2D eigenvalue weighted by atomic mass is 9.67. The summed E-state index contributed by atoms with van der Waals surface area (Å²) in [5, 5.41) is 0. The van der Waals surface area contributed by atoms with Crippen LogP contribution in [0, 0.1) is 26.7 Å². The Morgan fingerprint density at radius 2 is 1.84 bits per heavy atom. The van der Waals surface area contributed by atoms with Crippen LogP contribution in [-0.2, 0) is 0 Å². The smallest absolute Gasteiger partial charge is 0.0619 e. The van der Waals surface area contributed by atoms with Crippen LogP contribution in [0.15, 0.2) is 6.07 Å². The number of piperidine rings is 2. The molecule has 2 saturated heterocycles. The fraction of sp³-hybridized carbons (Fsp3) is 0.706. The average molecular weight is 258 g/mol. The van der Waals surface area contributed by atoms with Gasteiger partial charge < -0.3 is 4.90 Å². The zero-order valence-electron chi connectivity index (χ0n) is 13.0. The number of pyridine rings is 1. The monoisotopic (exact) mass is 258 g/mol. The minimum Gasteiger partial charge on any atom is -0.361 e. The van der Waals surface area contributed by atoms with E-state index in [0.717, 1.165) is 11.6 Å². The normalized spacial score (nSPS) is 33.8. The van der Waals surface area contributed by atoms with Crippen molar-refractivity contribution >= 4 is 5.69 Å². The molecule has 2 heteroatoms. The van der Waals surface area contributed by atoms with E-state index >= 15 is 0 Å².